The van der Waals surface area contributed by atoms with Gasteiger partial charge in [-0.05, 0) is 65.2 Å². The maximum atomic E-state index is 13.4. The third-order valence-electron chi connectivity index (χ3n) is 2.95. The molecule has 0 aliphatic rings. The molecule has 1 amide bonds. The van der Waals surface area contributed by atoms with Crippen molar-refractivity contribution in [3.05, 3.63) is 61.8 Å². The molecule has 5 heteroatoms. The number of carbonyl (C=O) groups excluding carboxylic acids is 1. The number of anilines is 1. The Labute approximate surface area is 133 Å². The number of halogens is 3. The first-order valence-electron chi connectivity index (χ1n) is 5.91. The minimum atomic E-state index is -0.349. The minimum Gasteiger partial charge on any atom is -0.322 e. The Morgan fingerprint density at radius 3 is 2.40 bits per heavy atom. The van der Waals surface area contributed by atoms with Crippen LogP contribution in [-0.4, -0.2) is 5.91 Å². The maximum Gasteiger partial charge on any atom is 0.255 e. The van der Waals surface area contributed by atoms with E-state index < -0.39 is 0 Å². The van der Waals surface area contributed by atoms with E-state index in [4.69, 9.17) is 0 Å². The van der Waals surface area contributed by atoms with E-state index >= 15 is 0 Å². The predicted molar refractivity (Wildman–Crippen MR) is 85.7 cm³/mol. The fraction of sp³-hybridized carbons (Fsp3) is 0.133. The molecule has 0 bridgehead atoms. The molecule has 0 fully saturated rings. The molecule has 0 atom stereocenters. The van der Waals surface area contributed by atoms with Crippen LogP contribution in [0.2, 0.25) is 0 Å². The highest BCUT2D eigenvalue weighted by atomic mass is 79.9. The Morgan fingerprint density at radius 2 is 1.75 bits per heavy atom. The fourth-order valence-electron chi connectivity index (χ4n) is 1.71. The molecule has 0 aliphatic carbocycles. The number of hydrogen-bond acceptors (Lipinski definition) is 1. The topological polar surface area (TPSA) is 29.1 Å². The molecule has 20 heavy (non-hydrogen) atoms. The Balaban J connectivity index is 2.27. The summed E-state index contributed by atoms with van der Waals surface area (Å²) in [5, 5.41) is 2.78. The summed E-state index contributed by atoms with van der Waals surface area (Å²) in [5.41, 5.74) is 2.86. The van der Waals surface area contributed by atoms with Gasteiger partial charge in [-0.15, -0.1) is 0 Å². The predicted octanol–water partition coefficient (Wildman–Crippen LogP) is 5.22. The maximum absolute atomic E-state index is 13.4. The lowest BCUT2D eigenvalue weighted by molar-refractivity contribution is 0.102. The van der Waals surface area contributed by atoms with Gasteiger partial charge in [0.05, 0.1) is 4.47 Å². The molecule has 0 saturated carbocycles. The second kappa shape index (κ2) is 6.06. The molecule has 0 unspecified atom stereocenters. The molecule has 1 N–H and O–H groups in total. The molecule has 104 valence electrons. The van der Waals surface area contributed by atoms with Crippen LogP contribution in [0.4, 0.5) is 10.1 Å². The Hall–Kier alpha value is -1.20. The minimum absolute atomic E-state index is 0.229. The number of aryl methyl sites for hydroxylation is 2. The highest BCUT2D eigenvalue weighted by molar-refractivity contribution is 9.10. The van der Waals surface area contributed by atoms with Gasteiger partial charge in [0.25, 0.3) is 5.91 Å². The number of amides is 1. The van der Waals surface area contributed by atoms with Crippen LogP contribution in [0, 0.1) is 19.7 Å². The van der Waals surface area contributed by atoms with Crippen molar-refractivity contribution in [2.75, 3.05) is 5.32 Å². The van der Waals surface area contributed by atoms with Crippen LogP contribution < -0.4 is 5.32 Å². The molecule has 2 aromatic carbocycles. The zero-order valence-electron chi connectivity index (χ0n) is 10.9. The van der Waals surface area contributed by atoms with Gasteiger partial charge in [0.1, 0.15) is 5.82 Å². The third-order valence-corrected chi connectivity index (χ3v) is 4.41. The zero-order valence-corrected chi connectivity index (χ0v) is 14.1. The highest BCUT2D eigenvalue weighted by Crippen LogP contribution is 2.25. The van der Waals surface area contributed by atoms with Crippen molar-refractivity contribution in [3.8, 4) is 0 Å². The Kier molecular flexibility index (Phi) is 4.60. The third kappa shape index (κ3) is 3.27. The second-order valence-corrected chi connectivity index (χ2v) is 6.21. The van der Waals surface area contributed by atoms with Crippen LogP contribution in [0.15, 0.2) is 39.3 Å². The summed E-state index contributed by atoms with van der Waals surface area (Å²) in [6.07, 6.45) is 0. The summed E-state index contributed by atoms with van der Waals surface area (Å²) >= 11 is 6.51. The average Bonchev–Trinajstić information content (AvgIpc) is 2.39. The summed E-state index contributed by atoms with van der Waals surface area (Å²) in [7, 11) is 0. The van der Waals surface area contributed by atoms with Gasteiger partial charge in [0.2, 0.25) is 0 Å². The Bertz CT molecular complexity index is 686. The summed E-state index contributed by atoms with van der Waals surface area (Å²) < 4.78 is 14.6. The molecule has 0 spiro atoms. The van der Waals surface area contributed by atoms with Gasteiger partial charge < -0.3 is 5.32 Å². The molecule has 2 aromatic rings. The number of nitrogens with one attached hydrogen (secondary N) is 1. The second-order valence-electron chi connectivity index (χ2n) is 4.50. The van der Waals surface area contributed by atoms with Crippen LogP contribution in [-0.2, 0) is 0 Å². The van der Waals surface area contributed by atoms with Crippen LogP contribution in [0.5, 0.6) is 0 Å². The lowest BCUT2D eigenvalue weighted by Gasteiger charge is -2.10. The normalized spacial score (nSPS) is 10.4. The van der Waals surface area contributed by atoms with E-state index in [2.05, 4.69) is 37.2 Å². The van der Waals surface area contributed by atoms with Crippen molar-refractivity contribution in [2.24, 2.45) is 0 Å². The van der Waals surface area contributed by atoms with Gasteiger partial charge >= 0.3 is 0 Å². The lowest BCUT2D eigenvalue weighted by Crippen LogP contribution is -2.13. The number of carbonyl (C=O) groups is 1. The van der Waals surface area contributed by atoms with Crippen molar-refractivity contribution >= 4 is 43.5 Å². The number of hydrogen-bond donors (Lipinski definition) is 1. The van der Waals surface area contributed by atoms with Crippen molar-refractivity contribution in [1.29, 1.82) is 0 Å². The molecule has 2 nitrogen and oxygen atoms in total. The van der Waals surface area contributed by atoms with E-state index in [1.54, 1.807) is 25.1 Å². The monoisotopic (exact) mass is 399 g/mol. The van der Waals surface area contributed by atoms with Crippen molar-refractivity contribution in [2.45, 2.75) is 13.8 Å². The average molecular weight is 401 g/mol. The first-order valence-corrected chi connectivity index (χ1v) is 7.50. The molecular formula is C15H12Br2FNO. The van der Waals surface area contributed by atoms with Crippen molar-refractivity contribution in [1.82, 2.24) is 0 Å². The fourth-order valence-corrected chi connectivity index (χ4v) is 2.43. The summed E-state index contributed by atoms with van der Waals surface area (Å²) in [6, 6.07) is 8.32. The van der Waals surface area contributed by atoms with Gasteiger partial charge in [-0.1, -0.05) is 22.0 Å². The van der Waals surface area contributed by atoms with E-state index in [1.807, 2.05) is 13.0 Å². The summed E-state index contributed by atoms with van der Waals surface area (Å²) in [5.74, 6) is -0.578. The quantitative estimate of drug-likeness (QED) is 0.735. The summed E-state index contributed by atoms with van der Waals surface area (Å²) in [4.78, 5) is 12.2. The molecule has 0 radical (unpaired) electrons. The Morgan fingerprint density at radius 1 is 1.05 bits per heavy atom. The van der Waals surface area contributed by atoms with Crippen molar-refractivity contribution in [3.63, 3.8) is 0 Å². The molecule has 0 saturated heterocycles. The standard InChI is InChI=1S/C15H12Br2FNO/c1-8-3-4-10(6-11(8)16)15(20)19-14-7-12(17)13(18)5-9(14)2/h3-7H,1-2H3,(H,19,20). The lowest BCUT2D eigenvalue weighted by atomic mass is 10.1. The van der Waals surface area contributed by atoms with E-state index in [1.165, 1.54) is 6.07 Å². The van der Waals surface area contributed by atoms with Crippen LogP contribution in [0.1, 0.15) is 21.5 Å². The number of benzene rings is 2. The smallest absolute Gasteiger partial charge is 0.255 e. The van der Waals surface area contributed by atoms with Gasteiger partial charge in [-0.25, -0.2) is 4.39 Å². The van der Waals surface area contributed by atoms with E-state index in [0.717, 1.165) is 10.0 Å². The first-order chi connectivity index (χ1) is 9.38. The molecule has 0 heterocycles. The molecule has 0 aromatic heterocycles. The molecule has 2 rings (SSSR count). The highest BCUT2D eigenvalue weighted by Gasteiger charge is 2.11. The molecule has 0 aliphatic heterocycles. The van der Waals surface area contributed by atoms with Gasteiger partial charge in [0.15, 0.2) is 0 Å². The van der Waals surface area contributed by atoms with Gasteiger partial charge in [-0.3, -0.25) is 4.79 Å². The van der Waals surface area contributed by atoms with Gasteiger partial charge in [-0.2, -0.15) is 0 Å². The molecular weight excluding hydrogens is 389 g/mol. The SMILES string of the molecule is Cc1ccc(C(=O)Nc2cc(Br)c(F)cc2C)cc1Br. The largest absolute Gasteiger partial charge is 0.322 e. The number of rotatable bonds is 2. The summed E-state index contributed by atoms with van der Waals surface area (Å²) in [6.45, 7) is 3.70. The zero-order chi connectivity index (χ0) is 14.9. The van der Waals surface area contributed by atoms with Gasteiger partial charge in [0, 0.05) is 15.7 Å². The van der Waals surface area contributed by atoms with Crippen LogP contribution in [0.3, 0.4) is 0 Å². The first kappa shape index (κ1) is 15.2. The van der Waals surface area contributed by atoms with Crippen LogP contribution in [0.25, 0.3) is 0 Å². The van der Waals surface area contributed by atoms with E-state index in [-0.39, 0.29) is 11.7 Å². The van der Waals surface area contributed by atoms with Crippen molar-refractivity contribution < 1.29 is 9.18 Å². The van der Waals surface area contributed by atoms with E-state index in [9.17, 15) is 9.18 Å². The van der Waals surface area contributed by atoms with E-state index in [0.29, 0.717) is 21.3 Å². The van der Waals surface area contributed by atoms with Crippen LogP contribution >= 0.6 is 31.9 Å².